The van der Waals surface area contributed by atoms with E-state index in [2.05, 4.69) is 37.8 Å². The number of nitrogens with zero attached hydrogens (tertiary/aromatic N) is 5. The van der Waals surface area contributed by atoms with E-state index in [-0.39, 0.29) is 11.7 Å². The number of thiophene rings is 1. The van der Waals surface area contributed by atoms with Crippen LogP contribution < -0.4 is 4.90 Å². The van der Waals surface area contributed by atoms with Gasteiger partial charge < -0.3 is 9.64 Å². The topological polar surface area (TPSA) is 64.0 Å². The van der Waals surface area contributed by atoms with Gasteiger partial charge >= 0.3 is 0 Å². The number of hydrogen-bond acceptors (Lipinski definition) is 7. The fourth-order valence-corrected chi connectivity index (χ4v) is 5.32. The molecule has 1 atom stereocenters. The maximum absolute atomic E-state index is 15.1. The second-order valence-corrected chi connectivity index (χ2v) is 9.28. The zero-order valence-corrected chi connectivity index (χ0v) is 19.4. The summed E-state index contributed by atoms with van der Waals surface area (Å²) < 4.78 is 20.6. The normalized spacial score (nSPS) is 15.2. The van der Waals surface area contributed by atoms with Crippen molar-refractivity contribution < 1.29 is 9.13 Å². The van der Waals surface area contributed by atoms with Gasteiger partial charge in [-0.1, -0.05) is 13.0 Å². The number of hydrogen-bond donors (Lipinski definition) is 0. The van der Waals surface area contributed by atoms with Crippen molar-refractivity contribution in [2.24, 2.45) is 0 Å². The molecule has 0 saturated carbocycles. The van der Waals surface area contributed by atoms with Gasteiger partial charge in [0.05, 0.1) is 30.1 Å². The minimum Gasteiger partial charge on any atom is -0.378 e. The first kappa shape index (κ1) is 21.1. The number of benzene rings is 2. The molecule has 3 aromatic heterocycles. The number of halogens is 1. The molecule has 1 fully saturated rings. The van der Waals surface area contributed by atoms with E-state index in [1.807, 2.05) is 35.7 Å². The summed E-state index contributed by atoms with van der Waals surface area (Å²) in [5.41, 5.74) is 4.85. The maximum atomic E-state index is 15.1. The second-order valence-electron chi connectivity index (χ2n) is 8.38. The molecule has 1 aliphatic heterocycles. The Labute approximate surface area is 200 Å². The zero-order chi connectivity index (χ0) is 23.1. The molecule has 4 heterocycles. The molecule has 2 aromatic carbocycles. The summed E-state index contributed by atoms with van der Waals surface area (Å²) in [7, 11) is 0. The van der Waals surface area contributed by atoms with Crippen LogP contribution in [0.25, 0.3) is 32.4 Å². The van der Waals surface area contributed by atoms with Crippen LogP contribution >= 0.6 is 11.3 Å². The molecule has 1 saturated heterocycles. The summed E-state index contributed by atoms with van der Waals surface area (Å²) in [6.07, 6.45) is 3.11. The number of anilines is 1. The highest BCUT2D eigenvalue weighted by Crippen LogP contribution is 2.35. The van der Waals surface area contributed by atoms with Crippen LogP contribution in [0.4, 0.5) is 10.1 Å². The summed E-state index contributed by atoms with van der Waals surface area (Å²) in [5.74, 6) is -0.336. The molecule has 0 spiro atoms. The summed E-state index contributed by atoms with van der Waals surface area (Å²) in [4.78, 5) is 21.1. The molecule has 1 aliphatic rings. The van der Waals surface area contributed by atoms with Crippen LogP contribution in [0, 0.1) is 5.82 Å². The van der Waals surface area contributed by atoms with Crippen molar-refractivity contribution in [3.8, 4) is 11.3 Å². The Balaban J connectivity index is 1.42. The van der Waals surface area contributed by atoms with Gasteiger partial charge in [-0.3, -0.25) is 0 Å². The van der Waals surface area contributed by atoms with Crippen molar-refractivity contribution in [1.29, 1.82) is 0 Å². The Morgan fingerprint density at radius 2 is 1.79 bits per heavy atom. The number of ether oxygens (including phenoxy) is 1. The van der Waals surface area contributed by atoms with Crippen molar-refractivity contribution in [3.63, 3.8) is 0 Å². The van der Waals surface area contributed by atoms with E-state index >= 15 is 4.39 Å². The molecule has 34 heavy (non-hydrogen) atoms. The molecule has 0 N–H and O–H groups in total. The third kappa shape index (κ3) is 3.69. The third-order valence-electron chi connectivity index (χ3n) is 6.44. The Morgan fingerprint density at radius 3 is 2.68 bits per heavy atom. The monoisotopic (exact) mass is 471 g/mol. The van der Waals surface area contributed by atoms with E-state index in [4.69, 9.17) is 4.74 Å². The predicted molar refractivity (Wildman–Crippen MR) is 133 cm³/mol. The van der Waals surface area contributed by atoms with Crippen LogP contribution in [0.2, 0.25) is 0 Å². The lowest BCUT2D eigenvalue weighted by molar-refractivity contribution is 0.122. The van der Waals surface area contributed by atoms with Gasteiger partial charge in [-0.2, -0.15) is 0 Å². The third-order valence-corrected chi connectivity index (χ3v) is 7.27. The highest BCUT2D eigenvalue weighted by Gasteiger charge is 2.19. The molecule has 0 aliphatic carbocycles. The van der Waals surface area contributed by atoms with Crippen molar-refractivity contribution in [3.05, 3.63) is 77.6 Å². The van der Waals surface area contributed by atoms with E-state index in [0.29, 0.717) is 24.5 Å². The highest BCUT2D eigenvalue weighted by molar-refractivity contribution is 7.16. The molecule has 6 rings (SSSR count). The van der Waals surface area contributed by atoms with Gasteiger partial charge in [0.15, 0.2) is 0 Å². The Bertz CT molecular complexity index is 1500. The van der Waals surface area contributed by atoms with Gasteiger partial charge in [-0.25, -0.2) is 24.3 Å². The number of rotatable bonds is 4. The standard InChI is InChI=1S/C26H22FN5OS/c1-16(24-20-6-11-34-26(20)31-15-29-24)17-2-5-22(27)21(12-17)25-19-4-3-18(13-23(19)28-14-30-25)32-7-9-33-10-8-32/h2-6,11-16H,7-10H2,1H3. The molecule has 8 heteroatoms. The van der Waals surface area contributed by atoms with Crippen LogP contribution in [0.15, 0.2) is 60.5 Å². The van der Waals surface area contributed by atoms with Crippen molar-refractivity contribution in [2.45, 2.75) is 12.8 Å². The van der Waals surface area contributed by atoms with Crippen LogP contribution in [0.1, 0.15) is 24.1 Å². The Kier molecular flexibility index (Phi) is 5.39. The van der Waals surface area contributed by atoms with Gasteiger partial charge in [0.2, 0.25) is 0 Å². The lowest BCUT2D eigenvalue weighted by Gasteiger charge is -2.29. The van der Waals surface area contributed by atoms with E-state index < -0.39 is 0 Å². The molecular weight excluding hydrogens is 449 g/mol. The molecule has 0 bridgehead atoms. The summed E-state index contributed by atoms with van der Waals surface area (Å²) in [6, 6.07) is 13.4. The van der Waals surface area contributed by atoms with Crippen molar-refractivity contribution in [1.82, 2.24) is 19.9 Å². The fourth-order valence-electron chi connectivity index (χ4n) is 4.58. The van der Waals surface area contributed by atoms with Crippen LogP contribution in [0.5, 0.6) is 0 Å². The molecule has 6 nitrogen and oxygen atoms in total. The van der Waals surface area contributed by atoms with Crippen LogP contribution in [-0.2, 0) is 4.74 Å². The average Bonchev–Trinajstić information content (AvgIpc) is 3.38. The van der Waals surface area contributed by atoms with Gasteiger partial charge in [0.1, 0.15) is 23.3 Å². The molecule has 0 radical (unpaired) electrons. The van der Waals surface area contributed by atoms with Crippen LogP contribution in [0.3, 0.4) is 0 Å². The number of aromatic nitrogens is 4. The Hall–Kier alpha value is -3.49. The molecule has 5 aromatic rings. The lowest BCUT2D eigenvalue weighted by atomic mass is 9.93. The van der Waals surface area contributed by atoms with Gasteiger partial charge in [-0.15, -0.1) is 11.3 Å². The predicted octanol–water partition coefficient (Wildman–Crippen LogP) is 5.43. The smallest absolute Gasteiger partial charge is 0.132 e. The number of morpholine rings is 1. The molecule has 1 unspecified atom stereocenters. The SMILES string of the molecule is CC(c1ccc(F)c(-c2ncnc3cc(N4CCOCC4)ccc23)c1)c1ncnc2sccc12. The minimum atomic E-state index is -0.309. The Morgan fingerprint density at radius 1 is 0.941 bits per heavy atom. The van der Waals surface area contributed by atoms with Crippen molar-refractivity contribution >= 4 is 38.1 Å². The second kappa shape index (κ2) is 8.70. The molecule has 170 valence electrons. The summed E-state index contributed by atoms with van der Waals surface area (Å²) in [6.45, 7) is 5.21. The van der Waals surface area contributed by atoms with Gasteiger partial charge in [-0.05, 0) is 47.3 Å². The van der Waals surface area contributed by atoms with E-state index in [0.717, 1.165) is 51.2 Å². The largest absolute Gasteiger partial charge is 0.378 e. The minimum absolute atomic E-state index is 0.0273. The lowest BCUT2D eigenvalue weighted by Crippen LogP contribution is -2.36. The highest BCUT2D eigenvalue weighted by atomic mass is 32.1. The number of fused-ring (bicyclic) bond motifs is 2. The first-order valence-electron chi connectivity index (χ1n) is 11.2. The summed E-state index contributed by atoms with van der Waals surface area (Å²) >= 11 is 1.59. The average molecular weight is 472 g/mol. The van der Waals surface area contributed by atoms with E-state index in [1.54, 1.807) is 17.7 Å². The van der Waals surface area contributed by atoms with E-state index in [1.165, 1.54) is 12.4 Å². The summed E-state index contributed by atoms with van der Waals surface area (Å²) in [5, 5.41) is 3.88. The van der Waals surface area contributed by atoms with Gasteiger partial charge in [0, 0.05) is 41.0 Å². The first-order chi connectivity index (χ1) is 16.7. The van der Waals surface area contributed by atoms with Crippen molar-refractivity contribution in [2.75, 3.05) is 31.2 Å². The first-order valence-corrected chi connectivity index (χ1v) is 12.1. The quantitative estimate of drug-likeness (QED) is 0.348. The van der Waals surface area contributed by atoms with E-state index in [9.17, 15) is 0 Å². The molecular formula is C26H22FN5OS. The maximum Gasteiger partial charge on any atom is 0.132 e. The zero-order valence-electron chi connectivity index (χ0n) is 18.6. The van der Waals surface area contributed by atoms with Gasteiger partial charge in [0.25, 0.3) is 0 Å². The van der Waals surface area contributed by atoms with Crippen LogP contribution in [-0.4, -0.2) is 46.2 Å². The molecule has 0 amide bonds. The fraction of sp³-hybridized carbons (Fsp3) is 0.231.